The Bertz CT molecular complexity index is 1250. The SMILES string of the molecule is C[C@H]1CN(c2ccc(Cl)cc2)C(=O)c2c(N=C(c3ccccc3)c3ccccc3)cnn21.S. The van der Waals surface area contributed by atoms with E-state index in [1.807, 2.05) is 72.8 Å². The molecule has 0 radical (unpaired) electrons. The minimum absolute atomic E-state index is 0. The summed E-state index contributed by atoms with van der Waals surface area (Å²) in [6.45, 7) is 2.58. The molecular weight excluding hydrogens is 452 g/mol. The first-order valence-corrected chi connectivity index (χ1v) is 10.8. The third kappa shape index (κ3) is 4.45. The number of nitrogens with zero attached hydrogens (tertiary/aromatic N) is 4. The van der Waals surface area contributed by atoms with Crippen LogP contribution in [-0.2, 0) is 0 Å². The molecule has 7 heteroatoms. The van der Waals surface area contributed by atoms with Crippen LogP contribution in [0.3, 0.4) is 0 Å². The van der Waals surface area contributed by atoms with E-state index in [-0.39, 0.29) is 25.4 Å². The smallest absolute Gasteiger partial charge is 0.278 e. The Hall–Kier alpha value is -3.35. The van der Waals surface area contributed by atoms with E-state index in [9.17, 15) is 4.79 Å². The van der Waals surface area contributed by atoms with Gasteiger partial charge in [-0.2, -0.15) is 18.6 Å². The van der Waals surface area contributed by atoms with Crippen molar-refractivity contribution in [2.75, 3.05) is 11.4 Å². The summed E-state index contributed by atoms with van der Waals surface area (Å²) in [6, 6.07) is 27.3. The first kappa shape index (κ1) is 22.8. The van der Waals surface area contributed by atoms with Gasteiger partial charge in [0.1, 0.15) is 5.69 Å². The maximum atomic E-state index is 13.5. The summed E-state index contributed by atoms with van der Waals surface area (Å²) in [5.74, 6) is -0.123. The van der Waals surface area contributed by atoms with Crippen LogP contribution in [0.15, 0.2) is 96.1 Å². The standard InChI is InChI=1S/C26H21ClN4O.H2S/c1-18-17-30(22-14-12-21(27)13-15-22)26(32)25-23(16-28-31(18)25)29-24(19-8-4-2-5-9-19)20-10-6-3-7-11-20;/h2-16,18H,17H2,1H3;1H2/t18-;/m0./s1. The third-order valence-electron chi connectivity index (χ3n) is 5.55. The van der Waals surface area contributed by atoms with E-state index in [2.05, 4.69) is 12.0 Å². The maximum Gasteiger partial charge on any atom is 0.278 e. The number of amides is 1. The van der Waals surface area contributed by atoms with Crippen LogP contribution in [0.4, 0.5) is 11.4 Å². The number of carbonyl (C=O) groups excluding carboxylic acids is 1. The number of benzene rings is 3. The molecule has 0 spiro atoms. The van der Waals surface area contributed by atoms with Gasteiger partial charge >= 0.3 is 0 Å². The van der Waals surface area contributed by atoms with Crippen LogP contribution in [0.1, 0.15) is 34.6 Å². The van der Waals surface area contributed by atoms with E-state index in [0.717, 1.165) is 22.5 Å². The van der Waals surface area contributed by atoms with Gasteiger partial charge in [0.15, 0.2) is 5.69 Å². The van der Waals surface area contributed by atoms with Crippen LogP contribution in [0, 0.1) is 0 Å². The van der Waals surface area contributed by atoms with Crippen molar-refractivity contribution in [1.82, 2.24) is 9.78 Å². The minimum Gasteiger partial charge on any atom is -0.305 e. The van der Waals surface area contributed by atoms with E-state index in [0.29, 0.717) is 22.9 Å². The summed E-state index contributed by atoms with van der Waals surface area (Å²) < 4.78 is 1.78. The van der Waals surface area contributed by atoms with Gasteiger partial charge in [-0.25, -0.2) is 4.99 Å². The molecule has 1 aliphatic heterocycles. The molecular formula is C26H23ClN4OS. The molecule has 0 saturated heterocycles. The fourth-order valence-electron chi connectivity index (χ4n) is 3.98. The van der Waals surface area contributed by atoms with Crippen molar-refractivity contribution in [3.05, 3.63) is 113 Å². The summed E-state index contributed by atoms with van der Waals surface area (Å²) in [5, 5.41) is 5.15. The molecule has 0 bridgehead atoms. The summed E-state index contributed by atoms with van der Waals surface area (Å²) in [4.78, 5) is 20.3. The Morgan fingerprint density at radius 3 is 2.09 bits per heavy atom. The highest BCUT2D eigenvalue weighted by Crippen LogP contribution is 2.32. The first-order chi connectivity index (χ1) is 15.6. The van der Waals surface area contributed by atoms with Crippen molar-refractivity contribution in [3.63, 3.8) is 0 Å². The van der Waals surface area contributed by atoms with Gasteiger partial charge in [0.05, 0.1) is 18.0 Å². The fraction of sp³-hybridized carbons (Fsp3) is 0.115. The number of hydrogen-bond donors (Lipinski definition) is 0. The highest BCUT2D eigenvalue weighted by molar-refractivity contribution is 7.59. The second-order valence-electron chi connectivity index (χ2n) is 7.76. The fourth-order valence-corrected chi connectivity index (χ4v) is 4.11. The quantitative estimate of drug-likeness (QED) is 0.338. The number of carbonyl (C=O) groups is 1. The van der Waals surface area contributed by atoms with Crippen LogP contribution >= 0.6 is 25.1 Å². The van der Waals surface area contributed by atoms with Gasteiger partial charge in [-0.05, 0) is 31.2 Å². The van der Waals surface area contributed by atoms with Gasteiger partial charge in [-0.1, -0.05) is 72.3 Å². The average Bonchev–Trinajstić information content (AvgIpc) is 3.26. The van der Waals surface area contributed by atoms with Crippen molar-refractivity contribution >= 4 is 48.1 Å². The normalized spacial score (nSPS) is 14.9. The number of halogens is 1. The van der Waals surface area contributed by atoms with Gasteiger partial charge in [0, 0.05) is 28.4 Å². The highest BCUT2D eigenvalue weighted by atomic mass is 35.5. The lowest BCUT2D eigenvalue weighted by atomic mass is 10.0. The third-order valence-corrected chi connectivity index (χ3v) is 5.81. The monoisotopic (exact) mass is 474 g/mol. The summed E-state index contributed by atoms with van der Waals surface area (Å²) >= 11 is 6.04. The largest absolute Gasteiger partial charge is 0.305 e. The number of anilines is 1. The number of rotatable bonds is 4. The van der Waals surface area contributed by atoms with Crippen LogP contribution < -0.4 is 4.90 Å². The molecule has 33 heavy (non-hydrogen) atoms. The Kier molecular flexibility index (Phi) is 6.67. The summed E-state index contributed by atoms with van der Waals surface area (Å²) in [7, 11) is 0. The van der Waals surface area contributed by atoms with E-state index in [1.54, 1.807) is 27.9 Å². The molecule has 1 aliphatic rings. The van der Waals surface area contributed by atoms with Crippen molar-refractivity contribution in [2.24, 2.45) is 4.99 Å². The van der Waals surface area contributed by atoms with Crippen LogP contribution in [0.25, 0.3) is 0 Å². The van der Waals surface area contributed by atoms with Gasteiger partial charge in [0.25, 0.3) is 5.91 Å². The Morgan fingerprint density at radius 1 is 0.939 bits per heavy atom. The predicted octanol–water partition coefficient (Wildman–Crippen LogP) is 6.04. The molecule has 3 aromatic carbocycles. The molecule has 5 nitrogen and oxygen atoms in total. The zero-order valence-corrected chi connectivity index (χ0v) is 19.8. The summed E-state index contributed by atoms with van der Waals surface area (Å²) in [6.07, 6.45) is 1.68. The zero-order chi connectivity index (χ0) is 22.1. The molecule has 4 aromatic rings. The number of aromatic nitrogens is 2. The molecule has 1 amide bonds. The lowest BCUT2D eigenvalue weighted by Crippen LogP contribution is -2.42. The molecule has 166 valence electrons. The summed E-state index contributed by atoms with van der Waals surface area (Å²) in [5.41, 5.74) is 4.60. The molecule has 1 aromatic heterocycles. The predicted molar refractivity (Wildman–Crippen MR) is 139 cm³/mol. The topological polar surface area (TPSA) is 50.5 Å². The highest BCUT2D eigenvalue weighted by Gasteiger charge is 2.33. The van der Waals surface area contributed by atoms with Gasteiger partial charge in [-0.15, -0.1) is 0 Å². The molecule has 0 fully saturated rings. The van der Waals surface area contributed by atoms with E-state index in [4.69, 9.17) is 16.6 Å². The van der Waals surface area contributed by atoms with Crippen LogP contribution in [0.2, 0.25) is 5.02 Å². The number of fused-ring (bicyclic) bond motifs is 1. The number of hydrogen-bond acceptors (Lipinski definition) is 3. The molecule has 0 aliphatic carbocycles. The molecule has 2 heterocycles. The van der Waals surface area contributed by atoms with Crippen molar-refractivity contribution in [2.45, 2.75) is 13.0 Å². The second-order valence-corrected chi connectivity index (χ2v) is 8.19. The van der Waals surface area contributed by atoms with Gasteiger partial charge in [-0.3, -0.25) is 9.48 Å². The average molecular weight is 475 g/mol. The second kappa shape index (κ2) is 9.65. The van der Waals surface area contributed by atoms with Gasteiger partial charge < -0.3 is 4.90 Å². The van der Waals surface area contributed by atoms with E-state index in [1.165, 1.54) is 0 Å². The van der Waals surface area contributed by atoms with Crippen molar-refractivity contribution in [3.8, 4) is 0 Å². The van der Waals surface area contributed by atoms with Crippen molar-refractivity contribution in [1.29, 1.82) is 0 Å². The minimum atomic E-state index is -0.123. The molecule has 1 atom stereocenters. The van der Waals surface area contributed by atoms with E-state index >= 15 is 0 Å². The van der Waals surface area contributed by atoms with Crippen molar-refractivity contribution < 1.29 is 4.79 Å². The molecule has 0 saturated carbocycles. The lowest BCUT2D eigenvalue weighted by Gasteiger charge is -2.32. The van der Waals surface area contributed by atoms with Crippen LogP contribution in [0.5, 0.6) is 0 Å². The molecule has 5 rings (SSSR count). The molecule has 0 N–H and O–H groups in total. The van der Waals surface area contributed by atoms with Gasteiger partial charge in [0.2, 0.25) is 0 Å². The first-order valence-electron chi connectivity index (χ1n) is 10.5. The molecule has 0 unspecified atom stereocenters. The Morgan fingerprint density at radius 2 is 1.52 bits per heavy atom. The van der Waals surface area contributed by atoms with E-state index < -0.39 is 0 Å². The lowest BCUT2D eigenvalue weighted by molar-refractivity contribution is 0.0954. The Balaban J connectivity index is 0.00000259. The zero-order valence-electron chi connectivity index (χ0n) is 18.0. The Labute approximate surface area is 204 Å². The number of aliphatic imine (C=N–C) groups is 1. The van der Waals surface area contributed by atoms with Crippen LogP contribution in [-0.4, -0.2) is 27.9 Å². The maximum absolute atomic E-state index is 13.5.